The molecule has 1 aromatic rings. The van der Waals surface area contributed by atoms with Gasteiger partial charge in [-0.3, -0.25) is 0 Å². The minimum atomic E-state index is -2.17. The average Bonchev–Trinajstić information content (AvgIpc) is 1.94. The van der Waals surface area contributed by atoms with E-state index < -0.39 is 7.32 Å². The molecule has 0 fully saturated rings. The Morgan fingerprint density at radius 1 is 0.833 bits per heavy atom. The predicted molar refractivity (Wildman–Crippen MR) is 47.7 cm³/mol. The van der Waals surface area contributed by atoms with E-state index in [1.54, 1.807) is 24.3 Å². The monoisotopic (exact) mass is 170 g/mol. The zero-order valence-electron chi connectivity index (χ0n) is 6.38. The largest absolute Gasteiger partial charge is 0.631 e. The summed E-state index contributed by atoms with van der Waals surface area (Å²) >= 11 is 0. The Kier molecular flexibility index (Phi) is 4.86. The van der Waals surface area contributed by atoms with Gasteiger partial charge in [-0.25, -0.2) is 0 Å². The van der Waals surface area contributed by atoms with E-state index in [0.717, 1.165) is 11.4 Å². The molecule has 0 spiro atoms. The number of rotatable bonds is 0. The number of hydrogen-bond donors (Lipinski definition) is 5. The van der Waals surface area contributed by atoms with Gasteiger partial charge in [-0.15, -0.1) is 0 Å². The Bertz CT molecular complexity index is 191. The van der Waals surface area contributed by atoms with Crippen LogP contribution < -0.4 is 11.5 Å². The van der Waals surface area contributed by atoms with Gasteiger partial charge in [0.05, 0.1) is 0 Å². The molecule has 0 heterocycles. The van der Waals surface area contributed by atoms with E-state index >= 15 is 0 Å². The minimum Gasteiger partial charge on any atom is -0.402 e. The number of nitrogens with two attached hydrogens (primary N) is 2. The molecule has 5 nitrogen and oxygen atoms in total. The molecule has 0 aromatic heterocycles. The van der Waals surface area contributed by atoms with Crippen LogP contribution in [0.2, 0.25) is 0 Å². The van der Waals surface area contributed by atoms with Crippen LogP contribution in [0.15, 0.2) is 24.3 Å². The fraction of sp³-hybridized carbons (Fsp3) is 0. The normalized spacial score (nSPS) is 8.25. The quantitative estimate of drug-likeness (QED) is 0.248. The van der Waals surface area contributed by atoms with E-state index in [1.807, 2.05) is 0 Å². The van der Waals surface area contributed by atoms with Crippen molar-refractivity contribution in [3.63, 3.8) is 0 Å². The third-order valence-corrected chi connectivity index (χ3v) is 0.936. The second-order valence-electron chi connectivity index (χ2n) is 2.01. The molecular formula is C6H11BN2O3. The number of hydrogen-bond acceptors (Lipinski definition) is 5. The van der Waals surface area contributed by atoms with E-state index in [9.17, 15) is 0 Å². The standard InChI is InChI=1S/C6H8N2.BH3O3/c7-5-1-2-6(8)4-3-5;2-1(3)4/h1-4H,7-8H2;2-4H. The molecule has 0 bridgehead atoms. The highest BCUT2D eigenvalue weighted by Crippen LogP contribution is 2.04. The summed E-state index contributed by atoms with van der Waals surface area (Å²) in [5, 5.41) is 21.5. The van der Waals surface area contributed by atoms with E-state index in [4.69, 9.17) is 26.5 Å². The number of benzene rings is 1. The lowest BCUT2D eigenvalue weighted by molar-refractivity contribution is 0.278. The highest BCUT2D eigenvalue weighted by Gasteiger charge is 1.92. The summed E-state index contributed by atoms with van der Waals surface area (Å²) < 4.78 is 0. The summed E-state index contributed by atoms with van der Waals surface area (Å²) in [6.45, 7) is 0. The van der Waals surface area contributed by atoms with Crippen LogP contribution in [0.25, 0.3) is 0 Å². The SMILES string of the molecule is Nc1ccc(N)cc1.OB(O)O. The topological polar surface area (TPSA) is 113 Å². The Hall–Kier alpha value is -1.24. The molecule has 0 aliphatic heterocycles. The molecule has 66 valence electrons. The first-order chi connectivity index (χ1) is 5.52. The summed E-state index contributed by atoms with van der Waals surface area (Å²) in [6, 6.07) is 7.09. The van der Waals surface area contributed by atoms with Crippen molar-refractivity contribution >= 4 is 18.7 Å². The molecule has 0 amide bonds. The molecule has 0 unspecified atom stereocenters. The molecule has 0 radical (unpaired) electrons. The fourth-order valence-electron chi connectivity index (χ4n) is 0.496. The van der Waals surface area contributed by atoms with Crippen molar-refractivity contribution in [1.82, 2.24) is 0 Å². The van der Waals surface area contributed by atoms with Crippen LogP contribution in [0.4, 0.5) is 11.4 Å². The van der Waals surface area contributed by atoms with E-state index in [-0.39, 0.29) is 0 Å². The van der Waals surface area contributed by atoms with Crippen molar-refractivity contribution in [2.24, 2.45) is 0 Å². The second kappa shape index (κ2) is 5.42. The molecule has 0 saturated heterocycles. The van der Waals surface area contributed by atoms with Crippen molar-refractivity contribution in [3.05, 3.63) is 24.3 Å². The summed E-state index contributed by atoms with van der Waals surface area (Å²) in [5.41, 5.74) is 12.2. The summed E-state index contributed by atoms with van der Waals surface area (Å²) in [7, 11) is -2.17. The summed E-state index contributed by atoms with van der Waals surface area (Å²) in [5.74, 6) is 0. The van der Waals surface area contributed by atoms with Gasteiger partial charge in [-0.2, -0.15) is 0 Å². The molecule has 12 heavy (non-hydrogen) atoms. The molecule has 0 atom stereocenters. The molecule has 0 aliphatic carbocycles. The smallest absolute Gasteiger partial charge is 0.402 e. The van der Waals surface area contributed by atoms with Gasteiger partial charge in [0.15, 0.2) is 0 Å². The van der Waals surface area contributed by atoms with Crippen molar-refractivity contribution in [1.29, 1.82) is 0 Å². The third kappa shape index (κ3) is 6.88. The lowest BCUT2D eigenvalue weighted by Crippen LogP contribution is -2.07. The van der Waals surface area contributed by atoms with Gasteiger partial charge < -0.3 is 26.5 Å². The first-order valence-electron chi connectivity index (χ1n) is 3.17. The summed E-state index contributed by atoms with van der Waals surface area (Å²) in [4.78, 5) is 0. The summed E-state index contributed by atoms with van der Waals surface area (Å²) in [6.07, 6.45) is 0. The molecule has 7 N–H and O–H groups in total. The van der Waals surface area contributed by atoms with Crippen LogP contribution >= 0.6 is 0 Å². The van der Waals surface area contributed by atoms with Gasteiger partial charge in [0.1, 0.15) is 0 Å². The lowest BCUT2D eigenvalue weighted by Gasteiger charge is -1.90. The predicted octanol–water partition coefficient (Wildman–Crippen LogP) is -1.20. The van der Waals surface area contributed by atoms with Crippen LogP contribution in [0, 0.1) is 0 Å². The van der Waals surface area contributed by atoms with Crippen molar-refractivity contribution in [2.45, 2.75) is 0 Å². The highest BCUT2D eigenvalue weighted by atomic mass is 16.5. The Balaban J connectivity index is 0.000000261. The fourth-order valence-corrected chi connectivity index (χ4v) is 0.496. The molecule has 1 aromatic carbocycles. The second-order valence-corrected chi connectivity index (χ2v) is 2.01. The third-order valence-electron chi connectivity index (χ3n) is 0.936. The first kappa shape index (κ1) is 10.8. The zero-order valence-corrected chi connectivity index (χ0v) is 6.38. The van der Waals surface area contributed by atoms with Gasteiger partial charge in [0, 0.05) is 11.4 Å². The van der Waals surface area contributed by atoms with Crippen LogP contribution in [-0.2, 0) is 0 Å². The van der Waals surface area contributed by atoms with Gasteiger partial charge in [0.25, 0.3) is 0 Å². The number of nitrogen functional groups attached to an aromatic ring is 2. The molecule has 0 aliphatic rings. The van der Waals surface area contributed by atoms with Crippen molar-refractivity contribution < 1.29 is 15.1 Å². The Morgan fingerprint density at radius 3 is 1.17 bits per heavy atom. The Morgan fingerprint density at radius 2 is 1.00 bits per heavy atom. The molecular weight excluding hydrogens is 159 g/mol. The van der Waals surface area contributed by atoms with Crippen LogP contribution in [-0.4, -0.2) is 22.4 Å². The van der Waals surface area contributed by atoms with E-state index in [0.29, 0.717) is 0 Å². The zero-order chi connectivity index (χ0) is 9.56. The van der Waals surface area contributed by atoms with Crippen LogP contribution in [0.3, 0.4) is 0 Å². The maximum Gasteiger partial charge on any atom is 0.631 e. The average molecular weight is 170 g/mol. The maximum atomic E-state index is 7.17. The van der Waals surface area contributed by atoms with Crippen molar-refractivity contribution in [3.8, 4) is 0 Å². The Labute approximate surface area is 70.4 Å². The van der Waals surface area contributed by atoms with Gasteiger partial charge in [0.2, 0.25) is 0 Å². The van der Waals surface area contributed by atoms with Gasteiger partial charge in [-0.1, -0.05) is 0 Å². The van der Waals surface area contributed by atoms with Gasteiger partial charge in [-0.05, 0) is 24.3 Å². The lowest BCUT2D eigenvalue weighted by atomic mass is 10.3. The number of anilines is 2. The minimum absolute atomic E-state index is 0.749. The van der Waals surface area contributed by atoms with Gasteiger partial charge >= 0.3 is 7.32 Å². The van der Waals surface area contributed by atoms with E-state index in [1.165, 1.54) is 0 Å². The van der Waals surface area contributed by atoms with Crippen molar-refractivity contribution in [2.75, 3.05) is 11.5 Å². The maximum absolute atomic E-state index is 7.17. The molecule has 1 rings (SSSR count). The molecule has 6 heteroatoms. The first-order valence-corrected chi connectivity index (χ1v) is 3.17. The highest BCUT2D eigenvalue weighted by molar-refractivity contribution is 6.30. The van der Waals surface area contributed by atoms with Crippen LogP contribution in [0.5, 0.6) is 0 Å². The molecule has 0 saturated carbocycles. The van der Waals surface area contributed by atoms with E-state index in [2.05, 4.69) is 0 Å². The van der Waals surface area contributed by atoms with Crippen LogP contribution in [0.1, 0.15) is 0 Å².